The summed E-state index contributed by atoms with van der Waals surface area (Å²) in [5.74, 6) is 0. The first-order valence-corrected chi connectivity index (χ1v) is 4.66. The molecule has 0 saturated carbocycles. The summed E-state index contributed by atoms with van der Waals surface area (Å²) >= 11 is 5.10. The van der Waals surface area contributed by atoms with Crippen molar-refractivity contribution in [1.82, 2.24) is 15.1 Å². The van der Waals surface area contributed by atoms with Crippen LogP contribution in [0.1, 0.15) is 0 Å². The number of thiocarbonyl (C=S) groups is 1. The van der Waals surface area contributed by atoms with E-state index in [1.165, 1.54) is 0 Å². The van der Waals surface area contributed by atoms with Gasteiger partial charge in [-0.2, -0.15) is 0 Å². The third kappa shape index (κ3) is 3.55. The average molecular weight is 242 g/mol. The van der Waals surface area contributed by atoms with Crippen LogP contribution >= 0.6 is 24.6 Å². The molecule has 0 unspecified atom stereocenters. The fourth-order valence-corrected chi connectivity index (χ4v) is 1.51. The van der Waals surface area contributed by atoms with Gasteiger partial charge in [0.05, 0.1) is 13.3 Å². The van der Waals surface area contributed by atoms with Crippen LogP contribution in [0.15, 0.2) is 0 Å². The Kier molecular flexibility index (Phi) is 7.12. The van der Waals surface area contributed by atoms with Crippen LogP contribution in [0.25, 0.3) is 0 Å². The van der Waals surface area contributed by atoms with Gasteiger partial charge in [0, 0.05) is 19.6 Å². The van der Waals surface area contributed by atoms with E-state index in [9.17, 15) is 0 Å². The van der Waals surface area contributed by atoms with Crippen LogP contribution in [0, 0.1) is 0 Å². The van der Waals surface area contributed by atoms with Gasteiger partial charge >= 0.3 is 0 Å². The minimum Gasteiger partial charge on any atom is -0.395 e. The fourth-order valence-electron chi connectivity index (χ4n) is 1.20. The van der Waals surface area contributed by atoms with E-state index in [-0.39, 0.29) is 25.7 Å². The Bertz CT molecular complexity index is 184. The van der Waals surface area contributed by atoms with Crippen LogP contribution in [0.3, 0.4) is 0 Å². The van der Waals surface area contributed by atoms with Crippen molar-refractivity contribution < 1.29 is 10.2 Å². The van der Waals surface area contributed by atoms with Crippen molar-refractivity contribution in [3.63, 3.8) is 0 Å². The van der Waals surface area contributed by atoms with Crippen molar-refractivity contribution in [2.24, 2.45) is 0 Å². The van der Waals surface area contributed by atoms with Gasteiger partial charge in [-0.15, -0.1) is 12.4 Å². The predicted octanol–water partition coefficient (Wildman–Crippen LogP) is -1.20. The first kappa shape index (κ1) is 13.9. The maximum atomic E-state index is 8.88. The van der Waals surface area contributed by atoms with Crippen molar-refractivity contribution >= 4 is 29.7 Å². The lowest BCUT2D eigenvalue weighted by Gasteiger charge is -2.20. The highest BCUT2D eigenvalue weighted by molar-refractivity contribution is 7.80. The Balaban J connectivity index is 0.00000169. The fraction of sp³-hybridized carbons (Fsp3) is 0.857. The van der Waals surface area contributed by atoms with Gasteiger partial charge < -0.3 is 20.0 Å². The second-order valence-corrected chi connectivity index (χ2v) is 3.20. The molecule has 0 bridgehead atoms. The van der Waals surface area contributed by atoms with Gasteiger partial charge in [0.1, 0.15) is 6.73 Å². The van der Waals surface area contributed by atoms with Crippen molar-refractivity contribution in [2.45, 2.75) is 0 Å². The average Bonchev–Trinajstić information content (AvgIpc) is 2.48. The van der Waals surface area contributed by atoms with E-state index in [1.54, 1.807) is 4.90 Å². The van der Waals surface area contributed by atoms with E-state index in [0.717, 1.165) is 13.1 Å². The molecule has 0 aromatic rings. The molecule has 0 spiro atoms. The molecule has 7 heteroatoms. The zero-order valence-corrected chi connectivity index (χ0v) is 9.48. The molecule has 1 rings (SSSR count). The molecule has 84 valence electrons. The van der Waals surface area contributed by atoms with Crippen LogP contribution < -0.4 is 5.32 Å². The van der Waals surface area contributed by atoms with Crippen molar-refractivity contribution in [1.29, 1.82) is 0 Å². The van der Waals surface area contributed by atoms with Crippen molar-refractivity contribution in [2.75, 3.05) is 39.6 Å². The number of nitrogens with zero attached hydrogens (tertiary/aromatic N) is 2. The highest BCUT2D eigenvalue weighted by atomic mass is 35.5. The molecule has 1 saturated heterocycles. The summed E-state index contributed by atoms with van der Waals surface area (Å²) in [5.41, 5.74) is 0. The third-order valence-electron chi connectivity index (χ3n) is 1.94. The van der Waals surface area contributed by atoms with Gasteiger partial charge in [-0.25, -0.2) is 0 Å². The lowest BCUT2D eigenvalue weighted by atomic mass is 10.6. The van der Waals surface area contributed by atoms with E-state index in [0.29, 0.717) is 18.3 Å². The molecule has 0 aliphatic carbocycles. The van der Waals surface area contributed by atoms with Gasteiger partial charge in [0.2, 0.25) is 0 Å². The molecule has 1 fully saturated rings. The van der Waals surface area contributed by atoms with E-state index in [2.05, 4.69) is 5.32 Å². The predicted molar refractivity (Wildman–Crippen MR) is 60.3 cm³/mol. The molecule has 0 atom stereocenters. The van der Waals surface area contributed by atoms with Crippen LogP contribution in [-0.2, 0) is 0 Å². The second-order valence-electron chi connectivity index (χ2n) is 2.83. The van der Waals surface area contributed by atoms with Gasteiger partial charge in [0.15, 0.2) is 5.11 Å². The standard InChI is InChI=1S/C7H15N3O2S.ClH/c11-4-1-8-5-9-2-3-10(6-12)7(9)13;/h8,11-12H,1-6H2;1H. The Morgan fingerprint density at radius 2 is 1.93 bits per heavy atom. The minimum atomic E-state index is -0.0185. The third-order valence-corrected chi connectivity index (χ3v) is 2.46. The van der Waals surface area contributed by atoms with Crippen molar-refractivity contribution in [3.05, 3.63) is 0 Å². The largest absolute Gasteiger partial charge is 0.395 e. The molecule has 1 aliphatic rings. The molecule has 1 aliphatic heterocycles. The Morgan fingerprint density at radius 1 is 1.29 bits per heavy atom. The number of hydrogen-bond donors (Lipinski definition) is 3. The first-order valence-electron chi connectivity index (χ1n) is 4.26. The molecule has 0 aromatic carbocycles. The van der Waals surface area contributed by atoms with E-state index >= 15 is 0 Å². The maximum absolute atomic E-state index is 8.88. The van der Waals surface area contributed by atoms with Gasteiger partial charge in [-0.1, -0.05) is 0 Å². The summed E-state index contributed by atoms with van der Waals surface area (Å²) in [7, 11) is 0. The lowest BCUT2D eigenvalue weighted by molar-refractivity contribution is 0.182. The van der Waals surface area contributed by atoms with Gasteiger partial charge in [-0.3, -0.25) is 5.32 Å². The summed E-state index contributed by atoms with van der Waals surface area (Å²) < 4.78 is 0. The molecule has 1 heterocycles. The number of hydrogen-bond acceptors (Lipinski definition) is 4. The molecule has 0 aromatic heterocycles. The SMILES string of the molecule is Cl.OCCNCN1CCN(CO)C1=S. The van der Waals surface area contributed by atoms with Gasteiger partial charge in [0.25, 0.3) is 0 Å². The normalized spacial score (nSPS) is 16.0. The number of halogens is 1. The summed E-state index contributed by atoms with van der Waals surface area (Å²) in [6.07, 6.45) is 0. The quantitative estimate of drug-likeness (QED) is 0.415. The smallest absolute Gasteiger partial charge is 0.174 e. The Morgan fingerprint density at radius 3 is 2.43 bits per heavy atom. The van der Waals surface area contributed by atoms with Crippen LogP contribution in [0.2, 0.25) is 0 Å². The molecule has 3 N–H and O–H groups in total. The molecular formula is C7H16ClN3O2S. The molecular weight excluding hydrogens is 226 g/mol. The topological polar surface area (TPSA) is 59.0 Å². The van der Waals surface area contributed by atoms with E-state index in [1.807, 2.05) is 4.90 Å². The van der Waals surface area contributed by atoms with Crippen LogP contribution in [0.4, 0.5) is 0 Å². The number of rotatable bonds is 5. The molecule has 0 radical (unpaired) electrons. The summed E-state index contributed by atoms with van der Waals surface area (Å²) in [6.45, 7) is 2.92. The zero-order valence-electron chi connectivity index (χ0n) is 7.85. The van der Waals surface area contributed by atoms with Crippen molar-refractivity contribution in [3.8, 4) is 0 Å². The Labute approximate surface area is 95.1 Å². The van der Waals surface area contributed by atoms with Crippen LogP contribution in [-0.4, -0.2) is 64.8 Å². The zero-order chi connectivity index (χ0) is 9.68. The highest BCUT2D eigenvalue weighted by Gasteiger charge is 2.22. The summed E-state index contributed by atoms with van der Waals surface area (Å²) in [6, 6.07) is 0. The number of aliphatic hydroxyl groups excluding tert-OH is 2. The first-order chi connectivity index (χ1) is 6.29. The van der Waals surface area contributed by atoms with Crippen LogP contribution in [0.5, 0.6) is 0 Å². The minimum absolute atomic E-state index is 0. The molecule has 5 nitrogen and oxygen atoms in total. The number of aliphatic hydroxyl groups is 2. The number of nitrogens with one attached hydrogen (secondary N) is 1. The molecule has 14 heavy (non-hydrogen) atoms. The monoisotopic (exact) mass is 241 g/mol. The highest BCUT2D eigenvalue weighted by Crippen LogP contribution is 2.05. The van der Waals surface area contributed by atoms with E-state index < -0.39 is 0 Å². The summed E-state index contributed by atoms with van der Waals surface area (Å²) in [4.78, 5) is 3.69. The summed E-state index contributed by atoms with van der Waals surface area (Å²) in [5, 5.41) is 21.1. The Hall–Kier alpha value is -0.140. The van der Waals surface area contributed by atoms with Gasteiger partial charge in [-0.05, 0) is 12.2 Å². The van der Waals surface area contributed by atoms with E-state index in [4.69, 9.17) is 22.4 Å². The maximum Gasteiger partial charge on any atom is 0.174 e. The molecule has 0 amide bonds. The second kappa shape index (κ2) is 7.19. The lowest BCUT2D eigenvalue weighted by Crippen LogP contribution is -2.39.